The van der Waals surface area contributed by atoms with Crippen LogP contribution in [-0.4, -0.2) is 22.6 Å². The maximum atomic E-state index is 10.9. The van der Waals surface area contributed by atoms with E-state index in [2.05, 4.69) is 15.9 Å². The molecule has 0 saturated carbocycles. The lowest BCUT2D eigenvalue weighted by Gasteiger charge is -2.17. The first-order valence-electron chi connectivity index (χ1n) is 5.34. The molecule has 2 aromatic carbocycles. The Balaban J connectivity index is 2.30. The van der Waals surface area contributed by atoms with E-state index in [0.717, 1.165) is 26.5 Å². The van der Waals surface area contributed by atoms with E-state index < -0.39 is 5.97 Å². The molecule has 0 fully saturated rings. The number of carboxylic acid groups (broad SMARTS) is 1. The third-order valence-corrected chi connectivity index (χ3v) is 4.16. The van der Waals surface area contributed by atoms with E-state index in [-0.39, 0.29) is 6.54 Å². The number of aliphatic carboxylic acids is 1. The molecule has 0 bridgehead atoms. The normalized spacial score (nSPS) is 13.4. The minimum absolute atomic E-state index is 0.107. The van der Waals surface area contributed by atoms with Gasteiger partial charge in [0.05, 0.1) is 5.69 Å². The van der Waals surface area contributed by atoms with Crippen molar-refractivity contribution >= 4 is 55.6 Å². The van der Waals surface area contributed by atoms with Crippen molar-refractivity contribution in [3.63, 3.8) is 0 Å². The molecule has 0 aromatic heterocycles. The molecule has 0 amide bonds. The number of hydrogen-bond donors (Lipinski definition) is 1. The summed E-state index contributed by atoms with van der Waals surface area (Å²) in [5.41, 5.74) is 1.80. The second-order valence-electron chi connectivity index (χ2n) is 4.08. The molecule has 0 aliphatic carbocycles. The fraction of sp³-hybridized carbons (Fsp3) is 0.0769. The van der Waals surface area contributed by atoms with Crippen molar-refractivity contribution in [2.24, 2.45) is 0 Å². The summed E-state index contributed by atoms with van der Waals surface area (Å²) in [5, 5.41) is 11.1. The molecular weight excluding hydrogens is 314 g/mol. The van der Waals surface area contributed by atoms with Gasteiger partial charge in [-0.25, -0.2) is 0 Å². The smallest absolute Gasteiger partial charge is 0.323 e. The van der Waals surface area contributed by atoms with Gasteiger partial charge in [-0.3, -0.25) is 4.79 Å². The summed E-state index contributed by atoms with van der Waals surface area (Å²) in [6.45, 7) is -0.107. The van der Waals surface area contributed by atoms with Gasteiger partial charge in [-0.15, -0.1) is 0 Å². The van der Waals surface area contributed by atoms with Crippen LogP contribution < -0.4 is 4.90 Å². The van der Waals surface area contributed by atoms with Gasteiger partial charge in [-0.05, 0) is 17.5 Å². The summed E-state index contributed by atoms with van der Waals surface area (Å²) < 4.78 is 0.989. The van der Waals surface area contributed by atoms with Crippen LogP contribution in [0.5, 0.6) is 0 Å². The lowest BCUT2D eigenvalue weighted by atomic mass is 10.1. The zero-order valence-corrected chi connectivity index (χ0v) is 11.6. The van der Waals surface area contributed by atoms with Crippen molar-refractivity contribution < 1.29 is 9.90 Å². The largest absolute Gasteiger partial charge is 0.480 e. The molecule has 1 aliphatic rings. The van der Waals surface area contributed by atoms with E-state index in [4.69, 9.17) is 17.3 Å². The molecule has 2 aromatic rings. The number of rotatable bonds is 2. The summed E-state index contributed by atoms with van der Waals surface area (Å²) in [6.07, 6.45) is 0. The molecule has 0 atom stereocenters. The Labute approximate surface area is 117 Å². The highest BCUT2D eigenvalue weighted by Gasteiger charge is 2.28. The molecule has 1 aliphatic heterocycles. The van der Waals surface area contributed by atoms with E-state index in [9.17, 15) is 4.79 Å². The molecule has 5 heteroatoms. The molecular formula is C13H8BrNO2S. The van der Waals surface area contributed by atoms with Crippen LogP contribution in [0.1, 0.15) is 5.56 Å². The molecule has 0 saturated heterocycles. The Kier molecular flexibility index (Phi) is 2.60. The Morgan fingerprint density at radius 2 is 2.11 bits per heavy atom. The van der Waals surface area contributed by atoms with Gasteiger partial charge in [0.25, 0.3) is 0 Å². The third kappa shape index (κ3) is 1.54. The maximum Gasteiger partial charge on any atom is 0.323 e. The average molecular weight is 322 g/mol. The molecule has 3 rings (SSSR count). The molecule has 0 spiro atoms. The first-order valence-corrected chi connectivity index (χ1v) is 6.54. The first-order chi connectivity index (χ1) is 8.59. The third-order valence-electron chi connectivity index (χ3n) is 3.03. The zero-order valence-electron chi connectivity index (χ0n) is 9.18. The summed E-state index contributed by atoms with van der Waals surface area (Å²) in [6, 6.07) is 9.69. The van der Waals surface area contributed by atoms with Crippen molar-refractivity contribution in [3.8, 4) is 0 Å². The van der Waals surface area contributed by atoms with Crippen molar-refractivity contribution in [2.45, 2.75) is 0 Å². The quantitative estimate of drug-likeness (QED) is 0.862. The number of hydrogen-bond acceptors (Lipinski definition) is 2. The summed E-state index contributed by atoms with van der Waals surface area (Å²) in [7, 11) is 0. The van der Waals surface area contributed by atoms with Crippen LogP contribution in [0.3, 0.4) is 0 Å². The highest BCUT2D eigenvalue weighted by atomic mass is 79.9. The number of halogens is 1. The monoisotopic (exact) mass is 321 g/mol. The van der Waals surface area contributed by atoms with E-state index in [0.29, 0.717) is 4.99 Å². The van der Waals surface area contributed by atoms with Crippen molar-refractivity contribution in [3.05, 3.63) is 40.4 Å². The number of carboxylic acids is 1. The summed E-state index contributed by atoms with van der Waals surface area (Å²) in [4.78, 5) is 13.2. The van der Waals surface area contributed by atoms with Gasteiger partial charge in [0.15, 0.2) is 0 Å². The topological polar surface area (TPSA) is 40.5 Å². The minimum Gasteiger partial charge on any atom is -0.480 e. The fourth-order valence-corrected chi connectivity index (χ4v) is 3.10. The summed E-state index contributed by atoms with van der Waals surface area (Å²) in [5.74, 6) is -0.888. The Morgan fingerprint density at radius 3 is 2.83 bits per heavy atom. The second kappa shape index (κ2) is 4.03. The van der Waals surface area contributed by atoms with Gasteiger partial charge >= 0.3 is 5.97 Å². The second-order valence-corrected chi connectivity index (χ2v) is 5.32. The Morgan fingerprint density at radius 1 is 1.33 bits per heavy atom. The van der Waals surface area contributed by atoms with Gasteiger partial charge < -0.3 is 10.0 Å². The van der Waals surface area contributed by atoms with E-state index >= 15 is 0 Å². The first kappa shape index (κ1) is 11.6. The predicted octanol–water partition coefficient (Wildman–Crippen LogP) is 3.18. The van der Waals surface area contributed by atoms with Crippen molar-refractivity contribution in [1.82, 2.24) is 0 Å². The minimum atomic E-state index is -0.888. The van der Waals surface area contributed by atoms with Gasteiger partial charge in [0.2, 0.25) is 0 Å². The van der Waals surface area contributed by atoms with Crippen LogP contribution in [0.4, 0.5) is 5.69 Å². The van der Waals surface area contributed by atoms with Gasteiger partial charge in [0, 0.05) is 15.4 Å². The van der Waals surface area contributed by atoms with Gasteiger partial charge in [-0.1, -0.05) is 46.3 Å². The molecule has 0 radical (unpaired) electrons. The van der Waals surface area contributed by atoms with Gasteiger partial charge in [0.1, 0.15) is 11.5 Å². The molecule has 0 unspecified atom stereocenters. The predicted molar refractivity (Wildman–Crippen MR) is 78.3 cm³/mol. The van der Waals surface area contributed by atoms with E-state index in [1.165, 1.54) is 0 Å². The fourth-order valence-electron chi connectivity index (χ4n) is 2.30. The lowest BCUT2D eigenvalue weighted by Crippen LogP contribution is -2.31. The lowest BCUT2D eigenvalue weighted by molar-refractivity contribution is -0.135. The average Bonchev–Trinajstić information content (AvgIpc) is 2.60. The van der Waals surface area contributed by atoms with Crippen LogP contribution in [0.25, 0.3) is 10.8 Å². The highest BCUT2D eigenvalue weighted by Crippen LogP contribution is 2.40. The van der Waals surface area contributed by atoms with E-state index in [1.54, 1.807) is 4.90 Å². The van der Waals surface area contributed by atoms with Crippen molar-refractivity contribution in [1.29, 1.82) is 0 Å². The van der Waals surface area contributed by atoms with E-state index in [1.807, 2.05) is 30.3 Å². The van der Waals surface area contributed by atoms with Gasteiger partial charge in [-0.2, -0.15) is 0 Å². The maximum absolute atomic E-state index is 10.9. The number of benzene rings is 2. The van der Waals surface area contributed by atoms with Crippen molar-refractivity contribution in [2.75, 3.05) is 11.4 Å². The number of thiocarbonyl (C=S) groups is 1. The van der Waals surface area contributed by atoms with Crippen LogP contribution in [0.15, 0.2) is 34.8 Å². The number of anilines is 1. The van der Waals surface area contributed by atoms with Crippen LogP contribution in [0.2, 0.25) is 0 Å². The van der Waals surface area contributed by atoms with Crippen LogP contribution >= 0.6 is 28.1 Å². The van der Waals surface area contributed by atoms with Crippen LogP contribution in [-0.2, 0) is 4.79 Å². The standard InChI is InChI=1S/C13H8BrNO2S/c14-9-4-5-10-12-7(9)2-1-3-8(12)13(18)15(10)6-11(16)17/h1-5H,6H2,(H,16,17). The number of nitrogens with zero attached hydrogens (tertiary/aromatic N) is 1. The Hall–Kier alpha value is -1.46. The van der Waals surface area contributed by atoms with Crippen LogP contribution in [0, 0.1) is 0 Å². The zero-order chi connectivity index (χ0) is 12.9. The summed E-state index contributed by atoms with van der Waals surface area (Å²) >= 11 is 8.87. The Bertz CT molecular complexity index is 699. The molecule has 1 heterocycles. The highest BCUT2D eigenvalue weighted by molar-refractivity contribution is 9.10. The molecule has 90 valence electrons. The molecule has 1 N–H and O–H groups in total. The number of carbonyl (C=O) groups is 1. The molecule has 3 nitrogen and oxygen atoms in total. The molecule has 18 heavy (non-hydrogen) atoms. The SMILES string of the molecule is O=C(O)CN1C(=S)c2cccc3c(Br)ccc1c23.